The minimum atomic E-state index is -3.97. The van der Waals surface area contributed by atoms with Crippen molar-refractivity contribution >= 4 is 132 Å². The van der Waals surface area contributed by atoms with Gasteiger partial charge in [-0.15, -0.1) is 0 Å². The number of phenols is 1. The first-order valence-corrected chi connectivity index (χ1v) is 39.7. The van der Waals surface area contributed by atoms with Gasteiger partial charge >= 0.3 is 6.03 Å². The van der Waals surface area contributed by atoms with Gasteiger partial charge in [-0.1, -0.05) is 107 Å². The highest BCUT2D eigenvalue weighted by Gasteiger charge is 2.41. The van der Waals surface area contributed by atoms with Crippen molar-refractivity contribution in [3.05, 3.63) is 124 Å². The lowest BCUT2D eigenvalue weighted by Gasteiger charge is -2.31. The zero-order chi connectivity index (χ0) is 81.7. The van der Waals surface area contributed by atoms with Crippen molar-refractivity contribution in [3.8, 4) is 11.5 Å². The third kappa shape index (κ3) is 33.0. The molecule has 2 aliphatic heterocycles. The molecule has 3 aliphatic rings. The number of halogens is 1. The van der Waals surface area contributed by atoms with Gasteiger partial charge in [0, 0.05) is 74.8 Å². The van der Waals surface area contributed by atoms with Crippen LogP contribution in [-0.2, 0) is 86.8 Å². The molecular formula is C71H96ClN17O19S3. The van der Waals surface area contributed by atoms with E-state index in [-0.39, 0.29) is 91.7 Å². The Morgan fingerprint density at radius 2 is 1.30 bits per heavy atom. The van der Waals surface area contributed by atoms with E-state index in [0.29, 0.717) is 46.8 Å². The summed E-state index contributed by atoms with van der Waals surface area (Å²) in [6.07, 6.45) is 4.10. The standard InChI is InChI=1S/C46H64N14O12S2.C23H28ClN3O5S.C2H4O2/c47-35(62)15-14-29-40(67)58-32(22-36(48)63)43(70)59-33(45(72)60-18-5-9-34(60)44(71)56-28(8-4-17-52-46(50)51)39(66)53-23-37(49)64)24-74-73-19-16-38(65)54-30(21-26-10-12-27(61)13-11-26)41(68)57-31(42(69)55-29)20-25-6-2-1-3-7-25;1-32-21-12-9-17(24)15-20(21)22(28)25-14-13-16-7-10-19(11-8-16)33(30,31)27-23(29)26-18-5-3-2-4-6-18;1-2(3)4/h1-3,6-7,10-13,28-34,61H,4-5,8-9,14-24H2,(H2,47,62)(H2,48,63)(H2,49,64)(H,53,66)(H,54,65)(H,55,69)(H,56,71)(H,57,68)(H,58,67)(H,59,70)(H4,50,51,52);7-12,15,18H,2-6,13-14H2,1H3,(H,25,28)(H2,26,27,29);1H3,(H,3,4)/t28-,29-,30-,31-,32-,33-,34-;;/m0../s1. The maximum Gasteiger partial charge on any atom is 0.328 e. The topological polar surface area (TPSA) is 586 Å². The highest BCUT2D eigenvalue weighted by molar-refractivity contribution is 8.76. The Hall–Kier alpha value is -10.9. The molecule has 0 spiro atoms. The first-order chi connectivity index (χ1) is 52.7. The molecule has 14 amide bonds. The minimum absolute atomic E-state index is 0.00209. The number of aromatic hydroxyl groups is 1. The van der Waals surface area contributed by atoms with E-state index < -0.39 is 155 Å². The van der Waals surface area contributed by atoms with Crippen LogP contribution in [0, 0.1) is 5.41 Å². The van der Waals surface area contributed by atoms with Gasteiger partial charge < -0.3 is 96.0 Å². The van der Waals surface area contributed by atoms with Gasteiger partial charge in [-0.25, -0.2) is 17.9 Å². The van der Waals surface area contributed by atoms with Gasteiger partial charge in [-0.05, 0) is 111 Å². The molecule has 0 bridgehead atoms. The number of carbonyl (C=O) groups excluding carboxylic acids is 13. The fraction of sp³-hybridized carbons (Fsp3) is 0.451. The average molecular weight is 1620 g/mol. The van der Waals surface area contributed by atoms with Crippen LogP contribution in [0.3, 0.4) is 0 Å². The van der Waals surface area contributed by atoms with Crippen LogP contribution in [0.5, 0.6) is 11.5 Å². The first kappa shape index (κ1) is 90.7. The van der Waals surface area contributed by atoms with Crippen LogP contribution in [-0.4, -0.2) is 206 Å². The molecule has 0 radical (unpaired) electrons. The van der Waals surface area contributed by atoms with Gasteiger partial charge in [0.05, 0.1) is 30.5 Å². The van der Waals surface area contributed by atoms with E-state index >= 15 is 0 Å². The Morgan fingerprint density at radius 1 is 0.694 bits per heavy atom. The smallest absolute Gasteiger partial charge is 0.328 e. The van der Waals surface area contributed by atoms with E-state index in [4.69, 9.17) is 54.6 Å². The van der Waals surface area contributed by atoms with Crippen molar-refractivity contribution in [1.82, 2.24) is 62.8 Å². The van der Waals surface area contributed by atoms with E-state index in [2.05, 4.69) is 57.9 Å². The molecule has 0 aromatic heterocycles. The Morgan fingerprint density at radius 3 is 1.92 bits per heavy atom. The summed E-state index contributed by atoms with van der Waals surface area (Å²) in [6, 6.07) is 14.8. The molecule has 36 nitrogen and oxygen atoms in total. The molecule has 0 unspecified atom stereocenters. The van der Waals surface area contributed by atoms with Crippen molar-refractivity contribution in [2.24, 2.45) is 22.9 Å². The number of hydrogen-bond donors (Lipinski definition) is 18. The second kappa shape index (κ2) is 46.5. The number of phenolic OH excluding ortho intramolecular Hbond substituents is 1. The van der Waals surface area contributed by atoms with Crippen molar-refractivity contribution in [3.63, 3.8) is 0 Å². The Balaban J connectivity index is 0.000000490. The summed E-state index contributed by atoms with van der Waals surface area (Å²) in [5.41, 5.74) is 23.8. The second-order valence-corrected chi connectivity index (χ2v) is 30.5. The zero-order valence-electron chi connectivity index (χ0n) is 61.1. The number of urea groups is 1. The number of guanidine groups is 1. The quantitative estimate of drug-likeness (QED) is 0.0156. The summed E-state index contributed by atoms with van der Waals surface area (Å²) in [4.78, 5) is 183. The van der Waals surface area contributed by atoms with Gasteiger partial charge in [0.1, 0.15) is 53.8 Å². The minimum Gasteiger partial charge on any atom is -0.508 e. The fourth-order valence-corrected chi connectivity index (χ4v) is 14.8. The van der Waals surface area contributed by atoms with Crippen molar-refractivity contribution in [2.75, 3.05) is 44.8 Å². The predicted octanol–water partition coefficient (Wildman–Crippen LogP) is -0.399. The van der Waals surface area contributed by atoms with Crippen molar-refractivity contribution in [1.29, 1.82) is 5.41 Å². The van der Waals surface area contributed by atoms with E-state index in [1.165, 1.54) is 42.3 Å². The molecule has 1 aliphatic carbocycles. The number of nitrogens with one attached hydrogen (secondary N) is 12. The number of likely N-dealkylation sites (tertiary alicyclic amines) is 1. The maximum absolute atomic E-state index is 14.6. The van der Waals surface area contributed by atoms with Crippen LogP contribution >= 0.6 is 33.2 Å². The van der Waals surface area contributed by atoms with E-state index in [0.717, 1.165) is 66.2 Å². The number of primary amides is 3. The molecule has 22 N–H and O–H groups in total. The lowest BCUT2D eigenvalue weighted by atomic mass is 9.96. The number of ether oxygens (including phenoxy) is 1. The van der Waals surface area contributed by atoms with Crippen LogP contribution in [0.25, 0.3) is 0 Å². The molecule has 40 heteroatoms. The molecule has 2 heterocycles. The summed E-state index contributed by atoms with van der Waals surface area (Å²) in [5.74, 6) is -10.6. The van der Waals surface area contributed by atoms with Gasteiger partial charge in [0.2, 0.25) is 65.0 Å². The highest BCUT2D eigenvalue weighted by Crippen LogP contribution is 2.27. The second-order valence-electron chi connectivity index (χ2n) is 25.8. The fourth-order valence-electron chi connectivity index (χ4n) is 11.6. The summed E-state index contributed by atoms with van der Waals surface area (Å²) in [7, 11) is -0.306. The summed E-state index contributed by atoms with van der Waals surface area (Å²) in [5, 5.41) is 51.1. The normalized spacial score (nSPS) is 19.0. The summed E-state index contributed by atoms with van der Waals surface area (Å²) >= 11 is 5.96. The number of rotatable bonds is 27. The maximum atomic E-state index is 14.6. The number of nitrogens with zero attached hydrogens (tertiary/aromatic N) is 1. The molecule has 2 saturated heterocycles. The number of carbonyl (C=O) groups is 14. The monoisotopic (exact) mass is 1620 g/mol. The lowest BCUT2D eigenvalue weighted by molar-refractivity contribution is -0.142. The third-order valence-corrected chi connectivity index (χ3v) is 21.0. The van der Waals surface area contributed by atoms with Crippen molar-refractivity contribution in [2.45, 2.75) is 163 Å². The lowest BCUT2D eigenvalue weighted by Crippen LogP contribution is -2.61. The van der Waals surface area contributed by atoms with Gasteiger partial charge in [-0.3, -0.25) is 67.7 Å². The molecule has 7 atom stereocenters. The third-order valence-electron chi connectivity index (χ3n) is 17.0. The van der Waals surface area contributed by atoms with Crippen LogP contribution < -0.4 is 85.6 Å². The molecule has 7 rings (SSSR count). The largest absolute Gasteiger partial charge is 0.508 e. The molecule has 4 aromatic carbocycles. The molecule has 111 heavy (non-hydrogen) atoms. The number of sulfonamides is 1. The number of hydrogen-bond acceptors (Lipinski definition) is 21. The van der Waals surface area contributed by atoms with E-state index in [9.17, 15) is 75.9 Å². The van der Waals surface area contributed by atoms with Crippen LogP contribution in [0.15, 0.2) is 102 Å². The van der Waals surface area contributed by atoms with E-state index in [1.807, 2.05) is 0 Å². The SMILES string of the molecule is CC(=O)O.COc1ccc(Cl)cc1C(=O)NCCc1ccc(S(=O)(=O)NC(=O)NC2CCCCC2)cc1.N=C(N)NCCC[C@H](NC(=O)[C@@H]1CCCN1C(=O)[C@@H]1CSSCCC(=O)N[C@@H](Cc2ccc(O)cc2)C(=O)N[C@@H](Cc2ccccc2)C(=O)N[C@@H](CCC(N)=O)C(=O)N[C@@H](CC(N)=O)C(=O)N1)C(=O)NCC(N)=O. The number of amides is 14. The van der Waals surface area contributed by atoms with Gasteiger partial charge in [-0.2, -0.15) is 0 Å². The predicted molar refractivity (Wildman–Crippen MR) is 411 cm³/mol. The number of nitrogens with two attached hydrogens (primary N) is 4. The van der Waals surface area contributed by atoms with Crippen molar-refractivity contribution < 1.29 is 90.5 Å². The summed E-state index contributed by atoms with van der Waals surface area (Å²) in [6.45, 7) is 1.08. The first-order valence-electron chi connectivity index (χ1n) is 35.3. The number of methoxy groups -OCH3 is 1. The summed E-state index contributed by atoms with van der Waals surface area (Å²) < 4.78 is 32.2. The average Bonchev–Trinajstić information content (AvgIpc) is 1.84. The number of carboxylic acid groups (broad SMARTS) is 1. The highest BCUT2D eigenvalue weighted by atomic mass is 35.5. The van der Waals surface area contributed by atoms with Crippen LogP contribution in [0.4, 0.5) is 4.79 Å². The molecular weight excluding hydrogens is 1530 g/mol. The van der Waals surface area contributed by atoms with Crippen LogP contribution in [0.1, 0.15) is 117 Å². The molecule has 604 valence electrons. The van der Waals surface area contributed by atoms with E-state index in [1.54, 1.807) is 66.7 Å². The van der Waals surface area contributed by atoms with Crippen LogP contribution in [0.2, 0.25) is 5.02 Å². The number of carboxylic acids is 1. The Bertz CT molecular complexity index is 4030. The molecule has 3 fully saturated rings. The van der Waals surface area contributed by atoms with Gasteiger partial charge in [0.15, 0.2) is 5.96 Å². The molecule has 4 aromatic rings. The molecule has 1 saturated carbocycles. The Kier molecular flexibility index (Phi) is 38.0. The zero-order valence-corrected chi connectivity index (χ0v) is 64.3. The Labute approximate surface area is 653 Å². The van der Waals surface area contributed by atoms with Gasteiger partial charge in [0.25, 0.3) is 21.9 Å². The number of benzene rings is 4. The number of aliphatic carboxylic acids is 1.